The summed E-state index contributed by atoms with van der Waals surface area (Å²) in [6, 6.07) is 14.7. The van der Waals surface area contributed by atoms with Gasteiger partial charge in [0.2, 0.25) is 5.91 Å². The summed E-state index contributed by atoms with van der Waals surface area (Å²) in [4.78, 5) is 14.7. The standard InChI is InChI=1S/C25H33N3O/c1-17(2)28-23-12-18(3)21(14-22(23)19(4)15-25(28,5)6)16-26-27-24(29)13-20-10-8-7-9-11-20/h7-12,14,16-17,19H,13,15H2,1-6H3,(H,27,29)/b26-16+. The zero-order valence-electron chi connectivity index (χ0n) is 18.5. The molecule has 0 spiro atoms. The van der Waals surface area contributed by atoms with E-state index in [1.54, 1.807) is 6.21 Å². The first kappa shape index (κ1) is 21.1. The molecule has 4 nitrogen and oxygen atoms in total. The van der Waals surface area contributed by atoms with Crippen molar-refractivity contribution >= 4 is 17.8 Å². The number of hydrogen-bond donors (Lipinski definition) is 1. The monoisotopic (exact) mass is 391 g/mol. The molecule has 1 aliphatic heterocycles. The Bertz CT molecular complexity index is 900. The Kier molecular flexibility index (Phi) is 6.11. The molecule has 0 saturated heterocycles. The van der Waals surface area contributed by atoms with Crippen molar-refractivity contribution in [3.05, 3.63) is 64.7 Å². The van der Waals surface area contributed by atoms with Gasteiger partial charge in [0.25, 0.3) is 0 Å². The molecule has 0 saturated carbocycles. The van der Waals surface area contributed by atoms with Crippen molar-refractivity contribution in [3.63, 3.8) is 0 Å². The van der Waals surface area contributed by atoms with Gasteiger partial charge in [-0.2, -0.15) is 5.10 Å². The fourth-order valence-corrected chi connectivity index (χ4v) is 4.72. The SMILES string of the molecule is Cc1cc2c(cc1/C=N/NC(=O)Cc1ccccc1)C(C)CC(C)(C)N2C(C)C. The molecule has 0 aromatic heterocycles. The van der Waals surface area contributed by atoms with Crippen LogP contribution in [0.5, 0.6) is 0 Å². The van der Waals surface area contributed by atoms with Crippen LogP contribution >= 0.6 is 0 Å². The predicted molar refractivity (Wildman–Crippen MR) is 122 cm³/mol. The van der Waals surface area contributed by atoms with E-state index in [1.807, 2.05) is 30.3 Å². The number of amides is 1. The fraction of sp³-hybridized carbons (Fsp3) is 0.440. The maximum atomic E-state index is 12.1. The van der Waals surface area contributed by atoms with Crippen molar-refractivity contribution in [3.8, 4) is 0 Å². The molecule has 1 heterocycles. The highest BCUT2D eigenvalue weighted by molar-refractivity contribution is 5.86. The quantitative estimate of drug-likeness (QED) is 0.563. The average Bonchev–Trinajstić information content (AvgIpc) is 2.62. The average molecular weight is 392 g/mol. The summed E-state index contributed by atoms with van der Waals surface area (Å²) in [5.41, 5.74) is 8.68. The zero-order chi connectivity index (χ0) is 21.2. The van der Waals surface area contributed by atoms with Crippen LogP contribution in [0.2, 0.25) is 0 Å². The summed E-state index contributed by atoms with van der Waals surface area (Å²) in [7, 11) is 0. The summed E-state index contributed by atoms with van der Waals surface area (Å²) in [5, 5.41) is 4.22. The van der Waals surface area contributed by atoms with Gasteiger partial charge in [-0.1, -0.05) is 37.3 Å². The van der Waals surface area contributed by atoms with E-state index in [1.165, 1.54) is 16.8 Å². The number of anilines is 1. The lowest BCUT2D eigenvalue weighted by molar-refractivity contribution is -0.120. The molecule has 0 radical (unpaired) electrons. The van der Waals surface area contributed by atoms with Crippen molar-refractivity contribution in [1.29, 1.82) is 0 Å². The number of nitrogens with one attached hydrogen (secondary N) is 1. The van der Waals surface area contributed by atoms with Gasteiger partial charge in [-0.3, -0.25) is 4.79 Å². The molecule has 154 valence electrons. The number of hydrazone groups is 1. The number of rotatable bonds is 5. The minimum absolute atomic E-state index is 0.107. The second kappa shape index (κ2) is 8.40. The molecule has 29 heavy (non-hydrogen) atoms. The zero-order valence-corrected chi connectivity index (χ0v) is 18.5. The van der Waals surface area contributed by atoms with Crippen LogP contribution in [0, 0.1) is 6.92 Å². The number of benzene rings is 2. The van der Waals surface area contributed by atoms with E-state index in [0.29, 0.717) is 18.4 Å². The second-order valence-corrected chi connectivity index (χ2v) is 9.10. The summed E-state index contributed by atoms with van der Waals surface area (Å²) in [6.07, 6.45) is 3.22. The van der Waals surface area contributed by atoms with Crippen LogP contribution in [0.25, 0.3) is 0 Å². The molecule has 2 aromatic carbocycles. The van der Waals surface area contributed by atoms with E-state index in [0.717, 1.165) is 17.5 Å². The highest BCUT2D eigenvalue weighted by Gasteiger charge is 2.37. The number of hydrogen-bond acceptors (Lipinski definition) is 3. The number of fused-ring (bicyclic) bond motifs is 1. The van der Waals surface area contributed by atoms with E-state index in [-0.39, 0.29) is 11.4 Å². The molecule has 2 aromatic rings. The van der Waals surface area contributed by atoms with Gasteiger partial charge >= 0.3 is 0 Å². The molecule has 0 aliphatic carbocycles. The Morgan fingerprint density at radius 3 is 2.62 bits per heavy atom. The van der Waals surface area contributed by atoms with Gasteiger partial charge < -0.3 is 4.90 Å². The molecule has 1 aliphatic rings. The van der Waals surface area contributed by atoms with Crippen molar-refractivity contribution < 1.29 is 4.79 Å². The summed E-state index contributed by atoms with van der Waals surface area (Å²) in [5.74, 6) is 0.375. The molecule has 1 atom stereocenters. The van der Waals surface area contributed by atoms with E-state index < -0.39 is 0 Å². The lowest BCUT2D eigenvalue weighted by atomic mass is 9.78. The summed E-state index contributed by atoms with van der Waals surface area (Å²) < 4.78 is 0. The van der Waals surface area contributed by atoms with Gasteiger partial charge in [-0.05, 0) is 81.3 Å². The first-order valence-corrected chi connectivity index (χ1v) is 10.5. The number of aryl methyl sites for hydroxylation is 1. The van der Waals surface area contributed by atoms with Crippen molar-refractivity contribution in [2.75, 3.05) is 4.90 Å². The Morgan fingerprint density at radius 1 is 1.28 bits per heavy atom. The molecule has 0 bridgehead atoms. The minimum atomic E-state index is -0.107. The lowest BCUT2D eigenvalue weighted by Crippen LogP contribution is -2.51. The van der Waals surface area contributed by atoms with Gasteiger partial charge in [0, 0.05) is 17.3 Å². The van der Waals surface area contributed by atoms with Gasteiger partial charge in [-0.25, -0.2) is 5.43 Å². The molecule has 1 unspecified atom stereocenters. The van der Waals surface area contributed by atoms with Gasteiger partial charge in [-0.15, -0.1) is 0 Å². The molecule has 0 fully saturated rings. The molecular weight excluding hydrogens is 358 g/mol. The van der Waals surface area contributed by atoms with Crippen molar-refractivity contribution in [2.45, 2.75) is 71.9 Å². The Balaban J connectivity index is 1.79. The topological polar surface area (TPSA) is 44.7 Å². The third kappa shape index (κ3) is 4.69. The molecule has 4 heteroatoms. The maximum Gasteiger partial charge on any atom is 0.244 e. The summed E-state index contributed by atoms with van der Waals surface area (Å²) in [6.45, 7) is 13.6. The van der Waals surface area contributed by atoms with E-state index in [9.17, 15) is 4.79 Å². The highest BCUT2D eigenvalue weighted by atomic mass is 16.2. The Morgan fingerprint density at radius 2 is 1.97 bits per heavy atom. The van der Waals surface area contributed by atoms with Crippen LogP contribution in [-0.4, -0.2) is 23.7 Å². The number of nitrogens with zero attached hydrogens (tertiary/aromatic N) is 2. The third-order valence-electron chi connectivity index (χ3n) is 5.78. The summed E-state index contributed by atoms with van der Waals surface area (Å²) >= 11 is 0. The van der Waals surface area contributed by atoms with Crippen molar-refractivity contribution in [2.24, 2.45) is 5.10 Å². The second-order valence-electron chi connectivity index (χ2n) is 9.10. The Labute approximate surface area is 175 Å². The lowest BCUT2D eigenvalue weighted by Gasteiger charge is -2.50. The normalized spacial score (nSPS) is 18.2. The van der Waals surface area contributed by atoms with Crippen LogP contribution < -0.4 is 10.3 Å². The maximum absolute atomic E-state index is 12.1. The number of carbonyl (C=O) groups is 1. The van der Waals surface area contributed by atoms with Gasteiger partial charge in [0.1, 0.15) is 0 Å². The van der Waals surface area contributed by atoms with E-state index in [4.69, 9.17) is 0 Å². The van der Waals surface area contributed by atoms with E-state index in [2.05, 4.69) is 69.1 Å². The van der Waals surface area contributed by atoms with Crippen LogP contribution in [0.1, 0.15) is 69.2 Å². The molecule has 1 amide bonds. The van der Waals surface area contributed by atoms with Gasteiger partial charge in [0.15, 0.2) is 0 Å². The molecular formula is C25H33N3O. The first-order chi connectivity index (χ1) is 13.7. The van der Waals surface area contributed by atoms with E-state index >= 15 is 0 Å². The third-order valence-corrected chi connectivity index (χ3v) is 5.78. The molecule has 3 rings (SSSR count). The fourth-order valence-electron chi connectivity index (χ4n) is 4.72. The minimum Gasteiger partial charge on any atom is -0.364 e. The predicted octanol–water partition coefficient (Wildman–Crippen LogP) is 5.19. The van der Waals surface area contributed by atoms with Crippen LogP contribution in [0.3, 0.4) is 0 Å². The van der Waals surface area contributed by atoms with Crippen LogP contribution in [-0.2, 0) is 11.2 Å². The molecule has 1 N–H and O–H groups in total. The largest absolute Gasteiger partial charge is 0.364 e. The Hall–Kier alpha value is -2.62. The first-order valence-electron chi connectivity index (χ1n) is 10.5. The smallest absolute Gasteiger partial charge is 0.244 e. The number of carbonyl (C=O) groups excluding carboxylic acids is 1. The van der Waals surface area contributed by atoms with Gasteiger partial charge in [0.05, 0.1) is 12.6 Å². The highest BCUT2D eigenvalue weighted by Crippen LogP contribution is 2.45. The van der Waals surface area contributed by atoms with Crippen LogP contribution in [0.4, 0.5) is 5.69 Å². The van der Waals surface area contributed by atoms with Crippen LogP contribution in [0.15, 0.2) is 47.6 Å². The van der Waals surface area contributed by atoms with Crippen molar-refractivity contribution in [1.82, 2.24) is 5.43 Å².